The van der Waals surface area contributed by atoms with Crippen molar-refractivity contribution in [3.63, 3.8) is 0 Å². The predicted molar refractivity (Wildman–Crippen MR) is 74.0 cm³/mol. The maximum absolute atomic E-state index is 13.0. The van der Waals surface area contributed by atoms with E-state index in [0.29, 0.717) is 12.1 Å². The highest BCUT2D eigenvalue weighted by molar-refractivity contribution is 5.93. The number of hydrogen-bond acceptors (Lipinski definition) is 3. The number of benzene rings is 1. The molecule has 110 valence electrons. The molecule has 0 unspecified atom stereocenters. The molecule has 5 nitrogen and oxygen atoms in total. The third kappa shape index (κ3) is 2.54. The maximum atomic E-state index is 13.0. The third-order valence-corrected chi connectivity index (χ3v) is 3.83. The number of nitrogens with zero attached hydrogens (tertiary/aromatic N) is 3. The second kappa shape index (κ2) is 5.29. The number of likely N-dealkylation sites (tertiary alicyclic amines) is 1. The van der Waals surface area contributed by atoms with Crippen LogP contribution in [0.15, 0.2) is 36.5 Å². The first-order chi connectivity index (χ1) is 10.1. The molecule has 1 fully saturated rings. The van der Waals surface area contributed by atoms with Gasteiger partial charge in [-0.15, -0.1) is 0 Å². The van der Waals surface area contributed by atoms with E-state index in [2.05, 4.69) is 5.10 Å². The first-order valence-electron chi connectivity index (χ1n) is 6.79. The molecule has 1 amide bonds. The highest BCUT2D eigenvalue weighted by Crippen LogP contribution is 2.33. The van der Waals surface area contributed by atoms with E-state index < -0.39 is 6.10 Å². The largest absolute Gasteiger partial charge is 0.391 e. The molecule has 1 aromatic heterocycles. The fourth-order valence-electron chi connectivity index (χ4n) is 2.77. The van der Waals surface area contributed by atoms with Crippen LogP contribution in [-0.4, -0.2) is 38.3 Å². The van der Waals surface area contributed by atoms with Crippen LogP contribution in [0.5, 0.6) is 0 Å². The van der Waals surface area contributed by atoms with Gasteiger partial charge in [-0.3, -0.25) is 9.48 Å². The van der Waals surface area contributed by atoms with Crippen LogP contribution in [0.4, 0.5) is 4.39 Å². The Labute approximate surface area is 121 Å². The quantitative estimate of drug-likeness (QED) is 0.911. The summed E-state index contributed by atoms with van der Waals surface area (Å²) in [7, 11) is 1.70. The number of carbonyl (C=O) groups excluding carboxylic acids is 1. The van der Waals surface area contributed by atoms with Crippen molar-refractivity contribution >= 4 is 5.91 Å². The van der Waals surface area contributed by atoms with Crippen LogP contribution in [0.25, 0.3) is 0 Å². The van der Waals surface area contributed by atoms with Crippen molar-refractivity contribution in [2.45, 2.75) is 18.6 Å². The maximum Gasteiger partial charge on any atom is 0.272 e. The summed E-state index contributed by atoms with van der Waals surface area (Å²) in [5, 5.41) is 13.9. The highest BCUT2D eigenvalue weighted by Gasteiger charge is 2.36. The molecule has 6 heteroatoms. The van der Waals surface area contributed by atoms with E-state index in [-0.39, 0.29) is 24.3 Å². The molecule has 2 heterocycles. The van der Waals surface area contributed by atoms with E-state index in [1.54, 1.807) is 36.3 Å². The normalized spacial score (nSPS) is 21.8. The number of aliphatic hydroxyl groups excluding tert-OH is 1. The van der Waals surface area contributed by atoms with Gasteiger partial charge in [-0.05, 0) is 30.2 Å². The number of amides is 1. The van der Waals surface area contributed by atoms with Crippen molar-refractivity contribution in [3.8, 4) is 0 Å². The van der Waals surface area contributed by atoms with E-state index in [0.717, 1.165) is 5.56 Å². The van der Waals surface area contributed by atoms with Crippen molar-refractivity contribution in [1.29, 1.82) is 0 Å². The lowest BCUT2D eigenvalue weighted by Crippen LogP contribution is -2.33. The molecular formula is C15H16FN3O2. The summed E-state index contributed by atoms with van der Waals surface area (Å²) in [6.07, 6.45) is 1.44. The number of rotatable bonds is 2. The van der Waals surface area contributed by atoms with Crippen molar-refractivity contribution in [3.05, 3.63) is 53.6 Å². The zero-order valence-corrected chi connectivity index (χ0v) is 11.6. The Hall–Kier alpha value is -2.21. The molecular weight excluding hydrogens is 273 g/mol. The standard InChI is InChI=1S/C15H16FN3O2/c1-18-13(6-7-17-18)15(21)19-9-12(20)8-14(19)10-2-4-11(16)5-3-10/h2-7,12,14,20H,8-9H2,1H3/t12-,14-/m1/s1. The van der Waals surface area contributed by atoms with Gasteiger partial charge in [0.2, 0.25) is 0 Å². The van der Waals surface area contributed by atoms with Gasteiger partial charge in [0, 0.05) is 19.8 Å². The average Bonchev–Trinajstić information content (AvgIpc) is 3.05. The summed E-state index contributed by atoms with van der Waals surface area (Å²) in [6, 6.07) is 7.44. The molecule has 0 aliphatic carbocycles. The summed E-state index contributed by atoms with van der Waals surface area (Å²) < 4.78 is 14.5. The van der Waals surface area contributed by atoms with Crippen LogP contribution in [0, 0.1) is 5.82 Å². The van der Waals surface area contributed by atoms with Crippen LogP contribution in [0.2, 0.25) is 0 Å². The van der Waals surface area contributed by atoms with Crippen LogP contribution in [0.1, 0.15) is 28.5 Å². The van der Waals surface area contributed by atoms with Gasteiger partial charge in [0.15, 0.2) is 0 Å². The Morgan fingerprint density at radius 2 is 2.05 bits per heavy atom. The number of aromatic nitrogens is 2. The van der Waals surface area contributed by atoms with Crippen molar-refractivity contribution in [1.82, 2.24) is 14.7 Å². The van der Waals surface area contributed by atoms with Gasteiger partial charge in [0.1, 0.15) is 11.5 Å². The monoisotopic (exact) mass is 289 g/mol. The van der Waals surface area contributed by atoms with Crippen molar-refractivity contribution in [2.75, 3.05) is 6.54 Å². The summed E-state index contributed by atoms with van der Waals surface area (Å²) >= 11 is 0. The summed E-state index contributed by atoms with van der Waals surface area (Å²) in [5.74, 6) is -0.498. The Balaban J connectivity index is 1.91. The molecule has 2 atom stereocenters. The number of β-amino-alcohol motifs (C(OH)–C–C–N with tert-alkyl or cyclic N) is 1. The molecule has 21 heavy (non-hydrogen) atoms. The van der Waals surface area contributed by atoms with Gasteiger partial charge in [0.25, 0.3) is 5.91 Å². The van der Waals surface area contributed by atoms with E-state index in [4.69, 9.17) is 0 Å². The molecule has 1 N–H and O–H groups in total. The first-order valence-corrected chi connectivity index (χ1v) is 6.79. The molecule has 0 radical (unpaired) electrons. The van der Waals surface area contributed by atoms with Gasteiger partial charge < -0.3 is 10.0 Å². The van der Waals surface area contributed by atoms with Crippen LogP contribution < -0.4 is 0 Å². The Morgan fingerprint density at radius 1 is 1.33 bits per heavy atom. The molecule has 2 aromatic rings. The summed E-state index contributed by atoms with van der Waals surface area (Å²) in [5.41, 5.74) is 1.29. The minimum absolute atomic E-state index is 0.180. The molecule has 0 saturated carbocycles. The lowest BCUT2D eigenvalue weighted by Gasteiger charge is -2.24. The molecule has 0 bridgehead atoms. The molecule has 1 saturated heterocycles. The van der Waals surface area contributed by atoms with Crippen molar-refractivity contribution < 1.29 is 14.3 Å². The first kappa shape index (κ1) is 13.8. The average molecular weight is 289 g/mol. The molecule has 1 aliphatic rings. The second-order valence-corrected chi connectivity index (χ2v) is 5.25. The third-order valence-electron chi connectivity index (χ3n) is 3.83. The highest BCUT2D eigenvalue weighted by atomic mass is 19.1. The van der Waals surface area contributed by atoms with Gasteiger partial charge >= 0.3 is 0 Å². The summed E-state index contributed by atoms with van der Waals surface area (Å²) in [4.78, 5) is 14.2. The van der Waals surface area contributed by atoms with Gasteiger partial charge in [-0.25, -0.2) is 4.39 Å². The zero-order chi connectivity index (χ0) is 15.0. The number of hydrogen-bond donors (Lipinski definition) is 1. The Bertz CT molecular complexity index is 653. The fourth-order valence-corrected chi connectivity index (χ4v) is 2.77. The van der Waals surface area contributed by atoms with Crippen LogP contribution in [0.3, 0.4) is 0 Å². The smallest absolute Gasteiger partial charge is 0.272 e. The zero-order valence-electron chi connectivity index (χ0n) is 11.6. The SMILES string of the molecule is Cn1nccc1C(=O)N1C[C@H](O)C[C@@H]1c1ccc(F)cc1. The molecule has 1 aromatic carbocycles. The van der Waals surface area contributed by atoms with Gasteiger partial charge in [-0.1, -0.05) is 12.1 Å². The van der Waals surface area contributed by atoms with Gasteiger partial charge in [0.05, 0.1) is 12.1 Å². The number of aliphatic hydroxyl groups is 1. The molecule has 0 spiro atoms. The molecule has 3 rings (SSSR count). The van der Waals surface area contributed by atoms with Crippen LogP contribution >= 0.6 is 0 Å². The van der Waals surface area contributed by atoms with Crippen LogP contribution in [-0.2, 0) is 7.05 Å². The van der Waals surface area contributed by atoms with E-state index in [9.17, 15) is 14.3 Å². The predicted octanol–water partition coefficient (Wildman–Crippen LogP) is 1.51. The topological polar surface area (TPSA) is 58.4 Å². The van der Waals surface area contributed by atoms with Crippen molar-refractivity contribution in [2.24, 2.45) is 7.05 Å². The lowest BCUT2D eigenvalue weighted by molar-refractivity contribution is 0.0704. The number of aryl methyl sites for hydroxylation is 1. The van der Waals surface area contributed by atoms with Gasteiger partial charge in [-0.2, -0.15) is 5.10 Å². The lowest BCUT2D eigenvalue weighted by atomic mass is 10.0. The Morgan fingerprint density at radius 3 is 2.67 bits per heavy atom. The van der Waals surface area contributed by atoms with E-state index in [1.165, 1.54) is 16.8 Å². The van der Waals surface area contributed by atoms with E-state index in [1.807, 2.05) is 0 Å². The van der Waals surface area contributed by atoms with E-state index >= 15 is 0 Å². The fraction of sp³-hybridized carbons (Fsp3) is 0.333. The number of halogens is 1. The number of carbonyl (C=O) groups is 1. The summed E-state index contributed by atoms with van der Waals surface area (Å²) in [6.45, 7) is 0.270. The second-order valence-electron chi connectivity index (χ2n) is 5.25. The Kier molecular flexibility index (Phi) is 3.47. The minimum atomic E-state index is -0.572. The minimum Gasteiger partial charge on any atom is -0.391 e. The molecule has 1 aliphatic heterocycles.